The van der Waals surface area contributed by atoms with Crippen molar-refractivity contribution in [2.75, 3.05) is 6.26 Å². The summed E-state index contributed by atoms with van der Waals surface area (Å²) in [5.41, 5.74) is 6.42. The Kier molecular flexibility index (Phi) is 4.23. The van der Waals surface area contributed by atoms with Crippen molar-refractivity contribution in [3.8, 4) is 0 Å². The molecule has 0 spiro atoms. The summed E-state index contributed by atoms with van der Waals surface area (Å²) in [6, 6.07) is 4.32. The van der Waals surface area contributed by atoms with Gasteiger partial charge in [0.1, 0.15) is 0 Å². The molecule has 0 radical (unpaired) electrons. The second kappa shape index (κ2) is 4.92. The lowest BCUT2D eigenvalue weighted by atomic mass is 10.1. The lowest BCUT2D eigenvalue weighted by molar-refractivity contribution is 0.571. The highest BCUT2D eigenvalue weighted by Gasteiger charge is 2.26. The molecule has 2 N–H and O–H groups in total. The fourth-order valence-electron chi connectivity index (χ4n) is 1.30. The Morgan fingerprint density at radius 3 is 2.38 bits per heavy atom. The number of rotatable bonds is 3. The molecule has 0 aliphatic carbocycles. The van der Waals surface area contributed by atoms with Crippen molar-refractivity contribution >= 4 is 33.0 Å². The van der Waals surface area contributed by atoms with Crippen LogP contribution in [-0.4, -0.2) is 19.9 Å². The second-order valence-corrected chi connectivity index (χ2v) is 6.89. The highest BCUT2D eigenvalue weighted by molar-refractivity contribution is 7.91. The van der Waals surface area contributed by atoms with Crippen molar-refractivity contribution in [1.82, 2.24) is 0 Å². The number of hydrogen-bond donors (Lipinski definition) is 1. The number of hydrogen-bond acceptors (Lipinski definition) is 3. The number of benzene rings is 1. The minimum Gasteiger partial charge on any atom is -0.323 e. The summed E-state index contributed by atoms with van der Waals surface area (Å²) in [6.45, 7) is 1.55. The molecule has 0 amide bonds. The first-order valence-electron chi connectivity index (χ1n) is 4.63. The van der Waals surface area contributed by atoms with Crippen LogP contribution in [0.1, 0.15) is 18.5 Å². The largest absolute Gasteiger partial charge is 0.323 e. The minimum absolute atomic E-state index is 0.312. The molecule has 0 saturated carbocycles. The molecule has 6 heteroatoms. The molecule has 0 aliphatic heterocycles. The molecular formula is C10H13Cl2NO2S. The fraction of sp³-hybridized carbons (Fsp3) is 0.400. The van der Waals surface area contributed by atoms with Gasteiger partial charge in [-0.3, -0.25) is 0 Å². The van der Waals surface area contributed by atoms with Crippen LogP contribution in [0.5, 0.6) is 0 Å². The van der Waals surface area contributed by atoms with E-state index in [2.05, 4.69) is 0 Å². The normalized spacial score (nSPS) is 15.8. The summed E-state index contributed by atoms with van der Waals surface area (Å²) < 4.78 is 22.8. The SMILES string of the molecule is CC(C(N)c1cccc(Cl)c1Cl)S(C)(=O)=O. The molecule has 0 bridgehead atoms. The van der Waals surface area contributed by atoms with Crippen LogP contribution in [0.25, 0.3) is 0 Å². The molecule has 0 aliphatic rings. The fourth-order valence-corrected chi connectivity index (χ4v) is 2.41. The van der Waals surface area contributed by atoms with Gasteiger partial charge < -0.3 is 5.73 Å². The van der Waals surface area contributed by atoms with Gasteiger partial charge in [0, 0.05) is 12.3 Å². The van der Waals surface area contributed by atoms with E-state index >= 15 is 0 Å². The minimum atomic E-state index is -3.21. The third kappa shape index (κ3) is 2.88. The molecule has 90 valence electrons. The quantitative estimate of drug-likeness (QED) is 0.926. The molecule has 0 saturated heterocycles. The number of sulfone groups is 1. The van der Waals surface area contributed by atoms with E-state index in [4.69, 9.17) is 28.9 Å². The van der Waals surface area contributed by atoms with Crippen LogP contribution in [0.4, 0.5) is 0 Å². The van der Waals surface area contributed by atoms with E-state index < -0.39 is 21.1 Å². The van der Waals surface area contributed by atoms with Gasteiger partial charge in [0.2, 0.25) is 0 Å². The van der Waals surface area contributed by atoms with Gasteiger partial charge in [-0.15, -0.1) is 0 Å². The third-order valence-corrected chi connectivity index (χ3v) is 5.00. The Morgan fingerprint density at radius 2 is 1.88 bits per heavy atom. The van der Waals surface area contributed by atoms with Crippen LogP contribution >= 0.6 is 23.2 Å². The predicted molar refractivity (Wildman–Crippen MR) is 67.7 cm³/mol. The lowest BCUT2D eigenvalue weighted by Crippen LogP contribution is -2.30. The predicted octanol–water partition coefficient (Wildman–Crippen LogP) is 2.43. The average Bonchev–Trinajstić information content (AvgIpc) is 2.18. The Balaban J connectivity index is 3.15. The molecule has 2 atom stereocenters. The maximum Gasteiger partial charge on any atom is 0.151 e. The lowest BCUT2D eigenvalue weighted by Gasteiger charge is -2.20. The maximum absolute atomic E-state index is 11.4. The van der Waals surface area contributed by atoms with Gasteiger partial charge in [0.15, 0.2) is 9.84 Å². The summed E-state index contributed by atoms with van der Waals surface area (Å²) in [6.07, 6.45) is 1.15. The Labute approximate surface area is 105 Å². The van der Waals surface area contributed by atoms with Gasteiger partial charge in [-0.1, -0.05) is 35.3 Å². The van der Waals surface area contributed by atoms with E-state index in [1.54, 1.807) is 25.1 Å². The zero-order chi connectivity index (χ0) is 12.5. The first kappa shape index (κ1) is 13.8. The first-order chi connectivity index (χ1) is 7.25. The molecule has 1 rings (SSSR count). The van der Waals surface area contributed by atoms with Crippen molar-refractivity contribution in [2.45, 2.75) is 18.2 Å². The molecule has 0 aromatic heterocycles. The highest BCUT2D eigenvalue weighted by atomic mass is 35.5. The summed E-state index contributed by atoms with van der Waals surface area (Å²) in [4.78, 5) is 0. The van der Waals surface area contributed by atoms with E-state index in [0.29, 0.717) is 15.6 Å². The second-order valence-electron chi connectivity index (χ2n) is 3.70. The molecule has 1 aromatic carbocycles. The van der Waals surface area contributed by atoms with Crippen LogP contribution in [0.3, 0.4) is 0 Å². The topological polar surface area (TPSA) is 60.2 Å². The van der Waals surface area contributed by atoms with Crippen LogP contribution in [-0.2, 0) is 9.84 Å². The summed E-state index contributed by atoms with van der Waals surface area (Å²) in [5.74, 6) is 0. The monoisotopic (exact) mass is 281 g/mol. The average molecular weight is 282 g/mol. The molecular weight excluding hydrogens is 269 g/mol. The maximum atomic E-state index is 11.4. The zero-order valence-electron chi connectivity index (χ0n) is 8.94. The molecule has 1 aromatic rings. The van der Waals surface area contributed by atoms with Crippen LogP contribution in [0.15, 0.2) is 18.2 Å². The van der Waals surface area contributed by atoms with Crippen LogP contribution in [0.2, 0.25) is 10.0 Å². The summed E-state index contributed by atoms with van der Waals surface area (Å²) in [7, 11) is -3.21. The Hall–Kier alpha value is -0.290. The standard InChI is InChI=1S/C10H13Cl2NO2S/c1-6(16(2,14)15)10(13)7-4-3-5-8(11)9(7)12/h3-6,10H,13H2,1-2H3. The van der Waals surface area contributed by atoms with Crippen LogP contribution < -0.4 is 5.73 Å². The van der Waals surface area contributed by atoms with Gasteiger partial charge in [-0.2, -0.15) is 0 Å². The Morgan fingerprint density at radius 1 is 1.31 bits per heavy atom. The molecule has 0 heterocycles. The van der Waals surface area contributed by atoms with Gasteiger partial charge in [-0.25, -0.2) is 8.42 Å². The van der Waals surface area contributed by atoms with Crippen molar-refractivity contribution < 1.29 is 8.42 Å². The van der Waals surface area contributed by atoms with E-state index in [1.807, 2.05) is 0 Å². The number of halogens is 2. The molecule has 2 unspecified atom stereocenters. The zero-order valence-corrected chi connectivity index (χ0v) is 11.3. The van der Waals surface area contributed by atoms with Crippen molar-refractivity contribution in [2.24, 2.45) is 5.73 Å². The third-order valence-electron chi connectivity index (χ3n) is 2.52. The van der Waals surface area contributed by atoms with Crippen molar-refractivity contribution in [3.63, 3.8) is 0 Å². The van der Waals surface area contributed by atoms with E-state index in [9.17, 15) is 8.42 Å². The van der Waals surface area contributed by atoms with Gasteiger partial charge in [0.05, 0.1) is 15.3 Å². The first-order valence-corrected chi connectivity index (χ1v) is 7.34. The van der Waals surface area contributed by atoms with E-state index in [-0.39, 0.29) is 0 Å². The van der Waals surface area contributed by atoms with Crippen LogP contribution in [0, 0.1) is 0 Å². The van der Waals surface area contributed by atoms with Gasteiger partial charge in [0.25, 0.3) is 0 Å². The van der Waals surface area contributed by atoms with Gasteiger partial charge >= 0.3 is 0 Å². The molecule has 3 nitrogen and oxygen atoms in total. The van der Waals surface area contributed by atoms with E-state index in [0.717, 1.165) is 6.26 Å². The smallest absolute Gasteiger partial charge is 0.151 e. The highest BCUT2D eigenvalue weighted by Crippen LogP contribution is 2.31. The number of nitrogens with two attached hydrogens (primary N) is 1. The van der Waals surface area contributed by atoms with Gasteiger partial charge in [-0.05, 0) is 18.6 Å². The molecule has 16 heavy (non-hydrogen) atoms. The summed E-state index contributed by atoms with van der Waals surface area (Å²) in [5, 5.41) is -0.0223. The van der Waals surface area contributed by atoms with Crippen molar-refractivity contribution in [1.29, 1.82) is 0 Å². The molecule has 0 fully saturated rings. The summed E-state index contributed by atoms with van der Waals surface area (Å²) >= 11 is 11.8. The Bertz CT molecular complexity index is 488. The van der Waals surface area contributed by atoms with Crippen molar-refractivity contribution in [3.05, 3.63) is 33.8 Å². The van der Waals surface area contributed by atoms with E-state index in [1.165, 1.54) is 0 Å².